The number of anilines is 2. The van der Waals surface area contributed by atoms with E-state index in [-0.39, 0.29) is 0 Å². The molecule has 0 bridgehead atoms. The Labute approximate surface area is 165 Å². The minimum atomic E-state index is 0.742. The van der Waals surface area contributed by atoms with Crippen LogP contribution < -0.4 is 21.4 Å². The van der Waals surface area contributed by atoms with Crippen molar-refractivity contribution >= 4 is 28.7 Å². The van der Waals surface area contributed by atoms with Gasteiger partial charge in [-0.3, -0.25) is 0 Å². The number of nitrogens with two attached hydrogens (primary N) is 1. The van der Waals surface area contributed by atoms with E-state index in [4.69, 9.17) is 17.3 Å². The average Bonchev–Trinajstić information content (AvgIpc) is 3.08. The van der Waals surface area contributed by atoms with Crippen molar-refractivity contribution in [3.05, 3.63) is 76.6 Å². The molecule has 0 fully saturated rings. The van der Waals surface area contributed by atoms with Crippen molar-refractivity contribution in [1.29, 1.82) is 0 Å². The van der Waals surface area contributed by atoms with E-state index in [1.165, 1.54) is 5.56 Å². The molecule has 140 valence electrons. The SMILES string of the molecule is C/C(N)=C1/NCCN(c2ccc(Cl)cc2)c2cc(CN3C=CCN3)ccc21. The fourth-order valence-electron chi connectivity index (χ4n) is 3.57. The van der Waals surface area contributed by atoms with Gasteiger partial charge in [-0.2, -0.15) is 0 Å². The van der Waals surface area contributed by atoms with Gasteiger partial charge in [0, 0.05) is 47.8 Å². The Bertz CT molecular complexity index is 884. The second-order valence-corrected chi connectivity index (χ2v) is 7.28. The zero-order valence-corrected chi connectivity index (χ0v) is 16.1. The van der Waals surface area contributed by atoms with Gasteiger partial charge in [0.15, 0.2) is 0 Å². The second-order valence-electron chi connectivity index (χ2n) is 6.84. The maximum absolute atomic E-state index is 6.18. The van der Waals surface area contributed by atoms with Crippen molar-refractivity contribution in [2.75, 3.05) is 24.5 Å². The normalized spacial score (nSPS) is 18.1. The number of nitrogens with one attached hydrogen (secondary N) is 2. The molecule has 0 saturated heterocycles. The van der Waals surface area contributed by atoms with E-state index in [9.17, 15) is 0 Å². The molecule has 2 aliphatic rings. The van der Waals surface area contributed by atoms with Crippen molar-refractivity contribution in [2.45, 2.75) is 13.5 Å². The number of allylic oxidation sites excluding steroid dienone is 1. The summed E-state index contributed by atoms with van der Waals surface area (Å²) < 4.78 is 0. The number of fused-ring (bicyclic) bond motifs is 1. The van der Waals surface area contributed by atoms with Crippen LogP contribution in [0.4, 0.5) is 11.4 Å². The van der Waals surface area contributed by atoms with Crippen molar-refractivity contribution in [3.63, 3.8) is 0 Å². The summed E-state index contributed by atoms with van der Waals surface area (Å²) >= 11 is 6.09. The topological polar surface area (TPSA) is 56.6 Å². The first-order chi connectivity index (χ1) is 13.1. The number of halogens is 1. The summed E-state index contributed by atoms with van der Waals surface area (Å²) in [5, 5.41) is 6.34. The zero-order chi connectivity index (χ0) is 18.8. The van der Waals surface area contributed by atoms with Crippen LogP contribution in [0.15, 0.2) is 60.4 Å². The monoisotopic (exact) mass is 381 g/mol. The lowest BCUT2D eigenvalue weighted by molar-refractivity contribution is 0.298. The van der Waals surface area contributed by atoms with Gasteiger partial charge in [-0.05, 0) is 42.8 Å². The van der Waals surface area contributed by atoms with Crippen LogP contribution in [0.3, 0.4) is 0 Å². The first-order valence-corrected chi connectivity index (χ1v) is 9.53. The molecular formula is C21H24ClN5. The van der Waals surface area contributed by atoms with Crippen molar-refractivity contribution in [1.82, 2.24) is 15.8 Å². The third kappa shape index (κ3) is 3.75. The number of benzene rings is 2. The molecule has 2 aromatic carbocycles. The van der Waals surface area contributed by atoms with E-state index in [1.54, 1.807) is 0 Å². The van der Waals surface area contributed by atoms with Gasteiger partial charge in [-0.25, -0.2) is 5.43 Å². The molecule has 0 unspecified atom stereocenters. The molecule has 2 aromatic rings. The molecule has 4 N–H and O–H groups in total. The van der Waals surface area contributed by atoms with Crippen LogP contribution in [0.25, 0.3) is 5.70 Å². The number of hydrazine groups is 1. The molecule has 0 atom stereocenters. The van der Waals surface area contributed by atoms with Crippen LogP contribution in [-0.4, -0.2) is 24.6 Å². The fraction of sp³-hybridized carbons (Fsp3) is 0.238. The highest BCUT2D eigenvalue weighted by molar-refractivity contribution is 6.30. The molecule has 2 heterocycles. The number of hydrogen-bond donors (Lipinski definition) is 3. The van der Waals surface area contributed by atoms with E-state index >= 15 is 0 Å². The lowest BCUT2D eigenvalue weighted by Gasteiger charge is -2.26. The Kier molecular flexibility index (Phi) is 4.97. The van der Waals surface area contributed by atoms with Gasteiger partial charge in [-0.15, -0.1) is 0 Å². The second kappa shape index (κ2) is 7.55. The minimum Gasteiger partial charge on any atom is -0.401 e. The van der Waals surface area contributed by atoms with E-state index in [1.807, 2.05) is 19.1 Å². The summed E-state index contributed by atoms with van der Waals surface area (Å²) in [4.78, 5) is 2.32. The van der Waals surface area contributed by atoms with Crippen LogP contribution in [0.5, 0.6) is 0 Å². The maximum atomic E-state index is 6.18. The van der Waals surface area contributed by atoms with Crippen LogP contribution in [0.1, 0.15) is 18.1 Å². The molecule has 5 nitrogen and oxygen atoms in total. The highest BCUT2D eigenvalue weighted by atomic mass is 35.5. The third-order valence-electron chi connectivity index (χ3n) is 4.84. The predicted molar refractivity (Wildman–Crippen MR) is 112 cm³/mol. The largest absolute Gasteiger partial charge is 0.401 e. The van der Waals surface area contributed by atoms with Gasteiger partial charge >= 0.3 is 0 Å². The Balaban J connectivity index is 1.78. The number of nitrogens with zero attached hydrogens (tertiary/aromatic N) is 2. The van der Waals surface area contributed by atoms with E-state index in [0.717, 1.165) is 59.5 Å². The third-order valence-corrected chi connectivity index (χ3v) is 5.09. The van der Waals surface area contributed by atoms with Crippen LogP contribution in [-0.2, 0) is 6.54 Å². The molecule has 4 rings (SSSR count). The highest BCUT2D eigenvalue weighted by Crippen LogP contribution is 2.35. The van der Waals surface area contributed by atoms with Gasteiger partial charge in [0.2, 0.25) is 0 Å². The van der Waals surface area contributed by atoms with Gasteiger partial charge < -0.3 is 21.0 Å². The van der Waals surface area contributed by atoms with Crippen LogP contribution in [0.2, 0.25) is 5.02 Å². The number of rotatable bonds is 3. The maximum Gasteiger partial charge on any atom is 0.0623 e. The minimum absolute atomic E-state index is 0.742. The fourth-order valence-corrected chi connectivity index (χ4v) is 3.69. The molecule has 0 amide bonds. The highest BCUT2D eigenvalue weighted by Gasteiger charge is 2.21. The first kappa shape index (κ1) is 17.8. The van der Waals surface area contributed by atoms with E-state index in [2.05, 4.69) is 63.3 Å². The van der Waals surface area contributed by atoms with Gasteiger partial charge in [0.05, 0.1) is 17.9 Å². The molecule has 0 aliphatic carbocycles. The van der Waals surface area contributed by atoms with E-state index < -0.39 is 0 Å². The zero-order valence-electron chi connectivity index (χ0n) is 15.4. The molecule has 2 aliphatic heterocycles. The molecule has 27 heavy (non-hydrogen) atoms. The summed E-state index contributed by atoms with van der Waals surface area (Å²) in [7, 11) is 0. The Morgan fingerprint density at radius 3 is 2.70 bits per heavy atom. The Hall–Kier alpha value is -2.63. The molecular weight excluding hydrogens is 358 g/mol. The standard InChI is InChI=1S/C21H24ClN5/c1-15(23)21-19-8-3-16(14-26-11-2-9-25-26)13-20(19)27(12-10-24-21)18-6-4-17(22)5-7-18/h2-8,11,13,24-25H,9-10,12,14,23H2,1H3/b21-15-. The van der Waals surface area contributed by atoms with Crippen molar-refractivity contribution in [3.8, 4) is 0 Å². The summed E-state index contributed by atoms with van der Waals surface area (Å²) in [6.07, 6.45) is 4.20. The van der Waals surface area contributed by atoms with Crippen LogP contribution in [0, 0.1) is 0 Å². The summed E-state index contributed by atoms with van der Waals surface area (Å²) in [5.74, 6) is 0. The van der Waals surface area contributed by atoms with Gasteiger partial charge in [-0.1, -0.05) is 29.8 Å². The summed E-state index contributed by atoms with van der Waals surface area (Å²) in [6.45, 7) is 5.29. The first-order valence-electron chi connectivity index (χ1n) is 9.15. The Morgan fingerprint density at radius 2 is 2.00 bits per heavy atom. The average molecular weight is 382 g/mol. The number of hydrogen-bond acceptors (Lipinski definition) is 5. The van der Waals surface area contributed by atoms with Crippen molar-refractivity contribution in [2.24, 2.45) is 5.73 Å². The quantitative estimate of drug-likeness (QED) is 0.759. The van der Waals surface area contributed by atoms with Gasteiger partial charge in [0.1, 0.15) is 0 Å². The predicted octanol–water partition coefficient (Wildman–Crippen LogP) is 3.56. The summed E-state index contributed by atoms with van der Waals surface area (Å²) in [6, 6.07) is 14.6. The lowest BCUT2D eigenvalue weighted by atomic mass is 10.0. The van der Waals surface area contributed by atoms with Gasteiger partial charge in [0.25, 0.3) is 0 Å². The summed E-state index contributed by atoms with van der Waals surface area (Å²) in [5.41, 5.74) is 15.9. The lowest BCUT2D eigenvalue weighted by Crippen LogP contribution is -2.28. The molecule has 0 spiro atoms. The van der Waals surface area contributed by atoms with Crippen LogP contribution >= 0.6 is 11.6 Å². The molecule has 0 radical (unpaired) electrons. The molecule has 0 saturated carbocycles. The molecule has 6 heteroatoms. The smallest absolute Gasteiger partial charge is 0.0623 e. The Morgan fingerprint density at radius 1 is 1.19 bits per heavy atom. The van der Waals surface area contributed by atoms with E-state index in [0.29, 0.717) is 0 Å². The van der Waals surface area contributed by atoms with Crippen molar-refractivity contribution < 1.29 is 0 Å². The molecule has 0 aromatic heterocycles.